The highest BCUT2D eigenvalue weighted by atomic mass is 32.2. The van der Waals surface area contributed by atoms with Crippen LogP contribution in [0, 0.1) is 5.92 Å². The second kappa shape index (κ2) is 6.71. The second-order valence-corrected chi connectivity index (χ2v) is 6.82. The number of urea groups is 1. The number of carbonyl (C=O) groups excluding carboxylic acids is 1. The largest absolute Gasteiger partial charge is 0.394 e. The smallest absolute Gasteiger partial charge is 0.315 e. The summed E-state index contributed by atoms with van der Waals surface area (Å²) in [6, 6.07) is 7.88. The van der Waals surface area contributed by atoms with Gasteiger partial charge in [-0.05, 0) is 56.6 Å². The number of aliphatic hydroxyl groups is 1. The van der Waals surface area contributed by atoms with E-state index in [1.54, 1.807) is 11.8 Å². The first-order chi connectivity index (χ1) is 9.98. The number of benzene rings is 1. The van der Waals surface area contributed by atoms with Gasteiger partial charge in [0.05, 0.1) is 18.2 Å². The molecule has 2 amide bonds. The van der Waals surface area contributed by atoms with Gasteiger partial charge in [-0.2, -0.15) is 0 Å². The number of hydrogen-bond donors (Lipinski definition) is 3. The highest BCUT2D eigenvalue weighted by Gasteiger charge is 2.42. The van der Waals surface area contributed by atoms with Gasteiger partial charge in [0.1, 0.15) is 0 Å². The lowest BCUT2D eigenvalue weighted by atomic mass is 9.97. The van der Waals surface area contributed by atoms with E-state index in [1.807, 2.05) is 32.2 Å². The molecule has 0 unspecified atom stereocenters. The molecule has 0 saturated heterocycles. The van der Waals surface area contributed by atoms with E-state index in [-0.39, 0.29) is 18.7 Å². The Morgan fingerprint density at radius 2 is 2.05 bits per heavy atom. The maximum Gasteiger partial charge on any atom is 0.315 e. The van der Waals surface area contributed by atoms with Crippen molar-refractivity contribution in [3.05, 3.63) is 29.8 Å². The molecule has 21 heavy (non-hydrogen) atoms. The summed E-state index contributed by atoms with van der Waals surface area (Å²) in [6.45, 7) is 3.84. The van der Waals surface area contributed by atoms with E-state index in [0.29, 0.717) is 5.92 Å². The summed E-state index contributed by atoms with van der Waals surface area (Å²) in [5.74, 6) is 0.393. The molecule has 4 nitrogen and oxygen atoms in total. The quantitative estimate of drug-likeness (QED) is 0.708. The van der Waals surface area contributed by atoms with Gasteiger partial charge in [-0.3, -0.25) is 0 Å². The summed E-state index contributed by atoms with van der Waals surface area (Å²) in [4.78, 5) is 13.3. The Bertz CT molecular complexity index is 488. The first-order valence-electron chi connectivity index (χ1n) is 7.32. The van der Waals surface area contributed by atoms with Crippen molar-refractivity contribution in [3.63, 3.8) is 0 Å². The second-order valence-electron chi connectivity index (χ2n) is 5.94. The Kier molecular flexibility index (Phi) is 5.17. The topological polar surface area (TPSA) is 61.4 Å². The number of rotatable bonds is 6. The van der Waals surface area contributed by atoms with Crippen molar-refractivity contribution in [3.8, 4) is 0 Å². The number of thioether (sulfide) groups is 1. The fraction of sp³-hybridized carbons (Fsp3) is 0.562. The zero-order valence-corrected chi connectivity index (χ0v) is 13.7. The van der Waals surface area contributed by atoms with Gasteiger partial charge >= 0.3 is 6.03 Å². The summed E-state index contributed by atoms with van der Waals surface area (Å²) in [5, 5.41) is 15.4. The fourth-order valence-electron chi connectivity index (χ4n) is 2.46. The van der Waals surface area contributed by atoms with Crippen LogP contribution in [0.1, 0.15) is 38.3 Å². The molecular weight excluding hydrogens is 284 g/mol. The van der Waals surface area contributed by atoms with Crippen LogP contribution in [0.15, 0.2) is 29.2 Å². The molecule has 1 aromatic rings. The van der Waals surface area contributed by atoms with Crippen LogP contribution in [0.3, 0.4) is 0 Å². The molecule has 1 fully saturated rings. The molecule has 1 aliphatic carbocycles. The molecular formula is C16H24N2O2S. The molecule has 0 bridgehead atoms. The van der Waals surface area contributed by atoms with Gasteiger partial charge in [-0.1, -0.05) is 12.1 Å². The van der Waals surface area contributed by atoms with Gasteiger partial charge in [0.25, 0.3) is 0 Å². The molecule has 0 spiro atoms. The van der Waals surface area contributed by atoms with Crippen molar-refractivity contribution >= 4 is 17.8 Å². The number of hydrogen-bond acceptors (Lipinski definition) is 3. The first-order valence-corrected chi connectivity index (χ1v) is 8.54. The lowest BCUT2D eigenvalue weighted by Crippen LogP contribution is -2.54. The summed E-state index contributed by atoms with van der Waals surface area (Å²) >= 11 is 1.70. The standard InChI is InChI=1S/C16H24N2O2S/c1-11(12-4-8-14(21-3)9-5-12)17-15(20)18-16(2,10-19)13-6-7-13/h4-5,8-9,11,13,19H,6-7,10H2,1-3H3,(H2,17,18,20)/t11-,16+/m1/s1. The van der Waals surface area contributed by atoms with Crippen LogP contribution in [0.25, 0.3) is 0 Å². The minimum absolute atomic E-state index is 0.0259. The number of carbonyl (C=O) groups is 1. The van der Waals surface area contributed by atoms with Gasteiger partial charge in [0.15, 0.2) is 0 Å². The van der Waals surface area contributed by atoms with Gasteiger partial charge < -0.3 is 15.7 Å². The monoisotopic (exact) mass is 308 g/mol. The molecule has 116 valence electrons. The number of aliphatic hydroxyl groups excluding tert-OH is 1. The molecule has 0 aromatic heterocycles. The Labute approximate surface area is 130 Å². The third-order valence-electron chi connectivity index (χ3n) is 4.17. The normalized spacial score (nSPS) is 18.7. The highest BCUT2D eigenvalue weighted by Crippen LogP contribution is 2.39. The van der Waals surface area contributed by atoms with Gasteiger partial charge in [-0.15, -0.1) is 11.8 Å². The maximum absolute atomic E-state index is 12.1. The van der Waals surface area contributed by atoms with E-state index >= 15 is 0 Å². The minimum Gasteiger partial charge on any atom is -0.394 e. The molecule has 0 aliphatic heterocycles. The van der Waals surface area contributed by atoms with Gasteiger partial charge in [0.2, 0.25) is 0 Å². The van der Waals surface area contributed by atoms with E-state index in [2.05, 4.69) is 22.8 Å². The van der Waals surface area contributed by atoms with Gasteiger partial charge in [-0.25, -0.2) is 4.79 Å². The molecule has 2 rings (SSSR count). The zero-order valence-electron chi connectivity index (χ0n) is 12.8. The average Bonchev–Trinajstić information content (AvgIpc) is 3.32. The van der Waals surface area contributed by atoms with Crippen molar-refractivity contribution in [2.24, 2.45) is 5.92 Å². The summed E-state index contributed by atoms with van der Waals surface area (Å²) < 4.78 is 0. The first kappa shape index (κ1) is 16.2. The Morgan fingerprint density at radius 1 is 1.43 bits per heavy atom. The van der Waals surface area contributed by atoms with Crippen LogP contribution in [0.5, 0.6) is 0 Å². The Morgan fingerprint density at radius 3 is 2.52 bits per heavy atom. The molecule has 1 aromatic carbocycles. The predicted octanol–water partition coefficient (Wildman–Crippen LogP) is 2.93. The lowest BCUT2D eigenvalue weighted by molar-refractivity contribution is 0.154. The molecule has 5 heteroatoms. The van der Waals surface area contributed by atoms with Crippen LogP contribution in [-0.2, 0) is 0 Å². The molecule has 2 atom stereocenters. The SMILES string of the molecule is CSc1ccc([C@@H](C)NC(=O)N[C@@](C)(CO)C2CC2)cc1. The van der Waals surface area contributed by atoms with Crippen molar-refractivity contribution in [2.75, 3.05) is 12.9 Å². The lowest BCUT2D eigenvalue weighted by Gasteiger charge is -2.29. The van der Waals surface area contributed by atoms with Crippen molar-refractivity contribution in [2.45, 2.75) is 43.2 Å². The minimum atomic E-state index is -0.507. The van der Waals surface area contributed by atoms with Crippen LogP contribution >= 0.6 is 11.8 Å². The van der Waals surface area contributed by atoms with Crippen LogP contribution < -0.4 is 10.6 Å². The van der Waals surface area contributed by atoms with E-state index in [1.165, 1.54) is 4.90 Å². The van der Waals surface area contributed by atoms with Crippen LogP contribution in [0.2, 0.25) is 0 Å². The van der Waals surface area contributed by atoms with Crippen molar-refractivity contribution in [1.82, 2.24) is 10.6 Å². The van der Waals surface area contributed by atoms with E-state index in [4.69, 9.17) is 0 Å². The van der Waals surface area contributed by atoms with E-state index in [0.717, 1.165) is 18.4 Å². The predicted molar refractivity (Wildman–Crippen MR) is 86.5 cm³/mol. The average molecular weight is 308 g/mol. The van der Waals surface area contributed by atoms with Crippen LogP contribution in [-0.4, -0.2) is 29.5 Å². The van der Waals surface area contributed by atoms with E-state index in [9.17, 15) is 9.90 Å². The molecule has 0 radical (unpaired) electrons. The zero-order chi connectivity index (χ0) is 15.5. The summed E-state index contributed by atoms with van der Waals surface area (Å²) in [5.41, 5.74) is 0.562. The molecule has 1 aliphatic rings. The third kappa shape index (κ3) is 4.14. The maximum atomic E-state index is 12.1. The summed E-state index contributed by atoms with van der Waals surface area (Å²) in [7, 11) is 0. The van der Waals surface area contributed by atoms with Crippen molar-refractivity contribution < 1.29 is 9.90 Å². The fourth-order valence-corrected chi connectivity index (χ4v) is 2.87. The highest BCUT2D eigenvalue weighted by molar-refractivity contribution is 7.98. The number of amides is 2. The Hall–Kier alpha value is -1.20. The van der Waals surface area contributed by atoms with Crippen molar-refractivity contribution in [1.29, 1.82) is 0 Å². The molecule has 0 heterocycles. The van der Waals surface area contributed by atoms with E-state index < -0.39 is 5.54 Å². The molecule has 1 saturated carbocycles. The Balaban J connectivity index is 1.91. The summed E-state index contributed by atoms with van der Waals surface area (Å²) in [6.07, 6.45) is 4.18. The third-order valence-corrected chi connectivity index (χ3v) is 4.91. The van der Waals surface area contributed by atoms with Crippen LogP contribution in [0.4, 0.5) is 4.79 Å². The van der Waals surface area contributed by atoms with Gasteiger partial charge in [0, 0.05) is 4.90 Å². The molecule has 3 N–H and O–H groups in total. The number of nitrogens with one attached hydrogen (secondary N) is 2.